The Bertz CT molecular complexity index is 628. The number of allylic oxidation sites excluding steroid dienone is 1. The normalized spacial score (nSPS) is 18.8. The van der Waals surface area contributed by atoms with Crippen LogP contribution in [-0.2, 0) is 4.79 Å². The number of benzene rings is 1. The molecule has 112 valence electrons. The van der Waals surface area contributed by atoms with Crippen molar-refractivity contribution >= 4 is 34.9 Å². The summed E-state index contributed by atoms with van der Waals surface area (Å²) in [6, 6.07) is 3.42. The molecule has 0 aromatic heterocycles. The van der Waals surface area contributed by atoms with Gasteiger partial charge in [-0.2, -0.15) is 0 Å². The molecule has 0 fully saturated rings. The van der Waals surface area contributed by atoms with E-state index in [0.717, 1.165) is 0 Å². The summed E-state index contributed by atoms with van der Waals surface area (Å²) in [5, 5.41) is 12.9. The predicted octanol–water partition coefficient (Wildman–Crippen LogP) is 3.09. The van der Waals surface area contributed by atoms with Crippen LogP contribution in [0.5, 0.6) is 0 Å². The topological polar surface area (TPSA) is 52.6 Å². The van der Waals surface area contributed by atoms with Crippen molar-refractivity contribution in [1.29, 1.82) is 0 Å². The molecule has 1 aromatic rings. The summed E-state index contributed by atoms with van der Waals surface area (Å²) in [6.07, 6.45) is 0. The third-order valence-electron chi connectivity index (χ3n) is 3.39. The first-order chi connectivity index (χ1) is 9.88. The van der Waals surface area contributed by atoms with Gasteiger partial charge in [0.25, 0.3) is 0 Å². The number of thiocarbonyl (C=S) groups is 1. The molecule has 0 radical (unpaired) electrons. The maximum Gasteiger partial charge on any atom is 0.335 e. The Hall–Kier alpha value is -1.66. The van der Waals surface area contributed by atoms with Crippen LogP contribution in [0.2, 0.25) is 5.02 Å². The zero-order chi connectivity index (χ0) is 15.7. The molecular formula is C14H14ClFN2O2S. The van der Waals surface area contributed by atoms with E-state index in [9.17, 15) is 14.3 Å². The van der Waals surface area contributed by atoms with Crippen LogP contribution in [0.25, 0.3) is 0 Å². The molecule has 21 heavy (non-hydrogen) atoms. The van der Waals surface area contributed by atoms with Gasteiger partial charge in [-0.05, 0) is 38.2 Å². The SMILES string of the molecule is CCN1C(=S)NC(C)=C(C(=O)O)C1c1c(F)cccc1Cl. The average molecular weight is 329 g/mol. The minimum Gasteiger partial charge on any atom is -0.478 e. The lowest BCUT2D eigenvalue weighted by Crippen LogP contribution is -2.48. The molecule has 1 atom stereocenters. The van der Waals surface area contributed by atoms with Crippen LogP contribution in [0.15, 0.2) is 29.5 Å². The molecule has 0 amide bonds. The number of hydrogen-bond acceptors (Lipinski definition) is 2. The molecule has 1 unspecified atom stereocenters. The molecule has 1 aliphatic rings. The number of aliphatic carboxylic acids is 1. The smallest absolute Gasteiger partial charge is 0.335 e. The van der Waals surface area contributed by atoms with Crippen molar-refractivity contribution in [2.24, 2.45) is 0 Å². The number of carbonyl (C=O) groups is 1. The van der Waals surface area contributed by atoms with Crippen molar-refractivity contribution in [3.05, 3.63) is 45.9 Å². The number of carboxylic acids is 1. The Balaban J connectivity index is 2.72. The molecule has 0 saturated heterocycles. The predicted molar refractivity (Wildman–Crippen MR) is 82.6 cm³/mol. The molecule has 0 saturated carbocycles. The Kier molecular flexibility index (Phi) is 4.49. The Morgan fingerprint density at radius 2 is 2.24 bits per heavy atom. The van der Waals surface area contributed by atoms with Gasteiger partial charge in [-0.15, -0.1) is 0 Å². The maximum absolute atomic E-state index is 14.2. The van der Waals surface area contributed by atoms with E-state index in [1.807, 2.05) is 6.92 Å². The first-order valence-corrected chi connectivity index (χ1v) is 7.12. The Morgan fingerprint density at radius 1 is 1.57 bits per heavy atom. The van der Waals surface area contributed by atoms with Crippen molar-refractivity contribution in [2.45, 2.75) is 19.9 Å². The summed E-state index contributed by atoms with van der Waals surface area (Å²) in [5.41, 5.74) is 0.556. The highest BCUT2D eigenvalue weighted by atomic mass is 35.5. The van der Waals surface area contributed by atoms with Gasteiger partial charge in [0.05, 0.1) is 11.6 Å². The molecule has 2 rings (SSSR count). The molecule has 0 aliphatic carbocycles. The quantitative estimate of drug-likeness (QED) is 0.835. The van der Waals surface area contributed by atoms with E-state index in [1.165, 1.54) is 18.2 Å². The summed E-state index contributed by atoms with van der Waals surface area (Å²) in [4.78, 5) is 13.2. The van der Waals surface area contributed by atoms with Crippen LogP contribution in [0.3, 0.4) is 0 Å². The van der Waals surface area contributed by atoms with Gasteiger partial charge < -0.3 is 15.3 Å². The van der Waals surface area contributed by atoms with Crippen molar-refractivity contribution in [1.82, 2.24) is 10.2 Å². The highest BCUT2D eigenvalue weighted by Gasteiger charge is 2.37. The van der Waals surface area contributed by atoms with Gasteiger partial charge in [0, 0.05) is 22.8 Å². The van der Waals surface area contributed by atoms with Crippen molar-refractivity contribution in [3.63, 3.8) is 0 Å². The highest BCUT2D eigenvalue weighted by Crippen LogP contribution is 2.38. The zero-order valence-electron chi connectivity index (χ0n) is 11.5. The fourth-order valence-corrected chi connectivity index (χ4v) is 3.11. The molecule has 1 heterocycles. The largest absolute Gasteiger partial charge is 0.478 e. The second-order valence-corrected chi connectivity index (χ2v) is 5.39. The van der Waals surface area contributed by atoms with E-state index in [2.05, 4.69) is 5.32 Å². The second kappa shape index (κ2) is 5.99. The third-order valence-corrected chi connectivity index (χ3v) is 4.05. The van der Waals surface area contributed by atoms with Crippen LogP contribution in [0.1, 0.15) is 25.5 Å². The van der Waals surface area contributed by atoms with E-state index in [0.29, 0.717) is 17.4 Å². The molecule has 1 aromatic carbocycles. The average Bonchev–Trinajstić information content (AvgIpc) is 2.37. The lowest BCUT2D eigenvalue weighted by atomic mass is 9.93. The summed E-state index contributed by atoms with van der Waals surface area (Å²) in [5.74, 6) is -1.69. The molecule has 1 aliphatic heterocycles. The number of nitrogens with zero attached hydrogens (tertiary/aromatic N) is 1. The minimum absolute atomic E-state index is 0.0393. The van der Waals surface area contributed by atoms with E-state index >= 15 is 0 Å². The molecule has 0 spiro atoms. The molecule has 2 N–H and O–H groups in total. The first-order valence-electron chi connectivity index (χ1n) is 6.34. The fraction of sp³-hybridized carbons (Fsp3) is 0.286. The van der Waals surface area contributed by atoms with Gasteiger partial charge in [-0.25, -0.2) is 9.18 Å². The number of hydrogen-bond donors (Lipinski definition) is 2. The zero-order valence-corrected chi connectivity index (χ0v) is 13.1. The summed E-state index contributed by atoms with van der Waals surface area (Å²) >= 11 is 11.3. The van der Waals surface area contributed by atoms with Gasteiger partial charge >= 0.3 is 5.97 Å². The second-order valence-electron chi connectivity index (χ2n) is 4.60. The monoisotopic (exact) mass is 328 g/mol. The third kappa shape index (κ3) is 2.73. The van der Waals surface area contributed by atoms with Gasteiger partial charge in [-0.1, -0.05) is 17.7 Å². The molecular weight excluding hydrogens is 315 g/mol. The number of rotatable bonds is 3. The molecule has 4 nitrogen and oxygen atoms in total. The van der Waals surface area contributed by atoms with Crippen LogP contribution >= 0.6 is 23.8 Å². The van der Waals surface area contributed by atoms with Crippen LogP contribution in [-0.4, -0.2) is 27.6 Å². The lowest BCUT2D eigenvalue weighted by molar-refractivity contribution is -0.133. The van der Waals surface area contributed by atoms with Crippen molar-refractivity contribution in [2.75, 3.05) is 6.54 Å². The Labute approximate surface area is 132 Å². The Morgan fingerprint density at radius 3 is 2.76 bits per heavy atom. The van der Waals surface area contributed by atoms with Crippen molar-refractivity contribution in [3.8, 4) is 0 Å². The number of likely N-dealkylation sites (N-methyl/N-ethyl adjacent to an activating group) is 1. The first kappa shape index (κ1) is 15.7. The van der Waals surface area contributed by atoms with Gasteiger partial charge in [0.2, 0.25) is 0 Å². The van der Waals surface area contributed by atoms with E-state index in [1.54, 1.807) is 11.8 Å². The summed E-state index contributed by atoms with van der Waals surface area (Å²) in [7, 11) is 0. The summed E-state index contributed by atoms with van der Waals surface area (Å²) in [6.45, 7) is 3.84. The van der Waals surface area contributed by atoms with Gasteiger partial charge in [0.1, 0.15) is 5.82 Å². The van der Waals surface area contributed by atoms with E-state index in [4.69, 9.17) is 23.8 Å². The highest BCUT2D eigenvalue weighted by molar-refractivity contribution is 7.80. The van der Waals surface area contributed by atoms with Gasteiger partial charge in [-0.3, -0.25) is 0 Å². The van der Waals surface area contributed by atoms with Crippen LogP contribution < -0.4 is 5.32 Å². The fourth-order valence-electron chi connectivity index (χ4n) is 2.45. The van der Waals surface area contributed by atoms with Crippen molar-refractivity contribution < 1.29 is 14.3 Å². The van der Waals surface area contributed by atoms with Crippen LogP contribution in [0, 0.1) is 5.82 Å². The van der Waals surface area contributed by atoms with E-state index in [-0.39, 0.29) is 16.2 Å². The number of carboxylic acid groups (broad SMARTS) is 1. The molecule has 7 heteroatoms. The van der Waals surface area contributed by atoms with Gasteiger partial charge in [0.15, 0.2) is 5.11 Å². The maximum atomic E-state index is 14.2. The standard InChI is InChI=1S/C14H14ClFN2O2S/c1-3-18-12(11-8(15)5-4-6-9(11)16)10(13(19)20)7(2)17-14(18)21/h4-6,12H,3H2,1-2H3,(H,17,21)(H,19,20). The molecule has 0 bridgehead atoms. The summed E-state index contributed by atoms with van der Waals surface area (Å²) < 4.78 is 14.2. The number of nitrogens with one attached hydrogen (secondary N) is 1. The minimum atomic E-state index is -1.13. The number of halogens is 2. The lowest BCUT2D eigenvalue weighted by Gasteiger charge is -2.39. The van der Waals surface area contributed by atoms with E-state index < -0.39 is 17.8 Å². The van der Waals surface area contributed by atoms with Crippen LogP contribution in [0.4, 0.5) is 4.39 Å².